The van der Waals surface area contributed by atoms with Crippen LogP contribution in [0.4, 0.5) is 0 Å². The lowest BCUT2D eigenvalue weighted by Gasteiger charge is -2.04. The van der Waals surface area contributed by atoms with Gasteiger partial charge in [-0.1, -0.05) is 6.08 Å². The van der Waals surface area contributed by atoms with E-state index in [1.807, 2.05) is 6.92 Å². The molecule has 1 unspecified atom stereocenters. The molecule has 12 heavy (non-hydrogen) atoms. The van der Waals surface area contributed by atoms with Crippen LogP contribution in [0, 0.1) is 0 Å². The standard InChI is InChI=1S/C8H16N2OS/c1-3-4-10-8(11)6-12-5-7(2)9/h3,7H,1,4-6,9H2,2H3,(H,10,11). The smallest absolute Gasteiger partial charge is 0.230 e. The molecule has 0 saturated heterocycles. The summed E-state index contributed by atoms with van der Waals surface area (Å²) in [6, 6.07) is 0.155. The zero-order valence-corrected chi connectivity index (χ0v) is 8.19. The number of hydrogen-bond acceptors (Lipinski definition) is 3. The minimum Gasteiger partial charge on any atom is -0.352 e. The second-order valence-electron chi connectivity index (χ2n) is 2.59. The van der Waals surface area contributed by atoms with Crippen molar-refractivity contribution in [3.05, 3.63) is 12.7 Å². The lowest BCUT2D eigenvalue weighted by molar-refractivity contribution is -0.118. The number of nitrogens with one attached hydrogen (secondary N) is 1. The Bertz CT molecular complexity index is 148. The second kappa shape index (κ2) is 7.18. The first kappa shape index (κ1) is 11.5. The molecule has 70 valence electrons. The van der Waals surface area contributed by atoms with Crippen LogP contribution in [0.5, 0.6) is 0 Å². The largest absolute Gasteiger partial charge is 0.352 e. The molecule has 0 aromatic carbocycles. The molecule has 0 bridgehead atoms. The van der Waals surface area contributed by atoms with Gasteiger partial charge in [0, 0.05) is 18.3 Å². The number of rotatable bonds is 6. The molecule has 1 atom stereocenters. The third kappa shape index (κ3) is 7.63. The first-order valence-electron chi connectivity index (χ1n) is 3.87. The summed E-state index contributed by atoms with van der Waals surface area (Å²) in [5, 5.41) is 2.69. The predicted octanol–water partition coefficient (Wildman–Crippen LogP) is 0.369. The van der Waals surface area contributed by atoms with Gasteiger partial charge in [-0.05, 0) is 6.92 Å². The zero-order valence-electron chi connectivity index (χ0n) is 7.38. The highest BCUT2D eigenvalue weighted by atomic mass is 32.2. The summed E-state index contributed by atoms with van der Waals surface area (Å²) in [6.45, 7) is 5.96. The average molecular weight is 188 g/mol. The summed E-state index contributed by atoms with van der Waals surface area (Å²) in [4.78, 5) is 11.0. The average Bonchev–Trinajstić information content (AvgIpc) is 2.00. The molecular formula is C8H16N2OS. The molecule has 0 aliphatic heterocycles. The Morgan fingerprint density at radius 1 is 1.83 bits per heavy atom. The molecule has 0 saturated carbocycles. The highest BCUT2D eigenvalue weighted by Gasteiger charge is 2.00. The van der Waals surface area contributed by atoms with E-state index >= 15 is 0 Å². The first-order valence-corrected chi connectivity index (χ1v) is 5.03. The molecule has 0 aromatic heterocycles. The van der Waals surface area contributed by atoms with Crippen molar-refractivity contribution in [2.24, 2.45) is 5.73 Å². The number of carbonyl (C=O) groups excluding carboxylic acids is 1. The van der Waals surface area contributed by atoms with Crippen LogP contribution < -0.4 is 11.1 Å². The molecule has 3 N–H and O–H groups in total. The summed E-state index contributed by atoms with van der Waals surface area (Å²) >= 11 is 1.55. The Hall–Kier alpha value is -0.480. The van der Waals surface area contributed by atoms with Gasteiger partial charge in [-0.25, -0.2) is 0 Å². The van der Waals surface area contributed by atoms with Crippen molar-refractivity contribution in [3.8, 4) is 0 Å². The molecule has 3 nitrogen and oxygen atoms in total. The molecule has 1 amide bonds. The van der Waals surface area contributed by atoms with Crippen molar-refractivity contribution in [1.29, 1.82) is 0 Å². The van der Waals surface area contributed by atoms with E-state index in [2.05, 4.69) is 11.9 Å². The van der Waals surface area contributed by atoms with Crippen LogP contribution in [0.1, 0.15) is 6.92 Å². The monoisotopic (exact) mass is 188 g/mol. The van der Waals surface area contributed by atoms with Crippen LogP contribution in [0.25, 0.3) is 0 Å². The van der Waals surface area contributed by atoms with E-state index in [1.54, 1.807) is 17.8 Å². The Kier molecular flexibility index (Phi) is 6.90. The minimum absolute atomic E-state index is 0.0422. The maximum Gasteiger partial charge on any atom is 0.230 e. The first-order chi connectivity index (χ1) is 5.66. The number of thioether (sulfide) groups is 1. The molecule has 4 heteroatoms. The molecule has 0 fully saturated rings. The Morgan fingerprint density at radius 3 is 3.00 bits per heavy atom. The van der Waals surface area contributed by atoms with Gasteiger partial charge in [-0.3, -0.25) is 4.79 Å². The number of amides is 1. The van der Waals surface area contributed by atoms with E-state index in [1.165, 1.54) is 0 Å². The molecule has 0 aromatic rings. The molecule has 0 heterocycles. The minimum atomic E-state index is 0.0422. The predicted molar refractivity (Wildman–Crippen MR) is 54.2 cm³/mol. The van der Waals surface area contributed by atoms with Gasteiger partial charge in [-0.15, -0.1) is 6.58 Å². The highest BCUT2D eigenvalue weighted by Crippen LogP contribution is 1.99. The summed E-state index contributed by atoms with van der Waals surface area (Å²) in [5.41, 5.74) is 5.51. The fourth-order valence-electron chi connectivity index (χ4n) is 0.575. The quantitative estimate of drug-likeness (QED) is 0.592. The van der Waals surface area contributed by atoms with Crippen LogP contribution in [0.3, 0.4) is 0 Å². The van der Waals surface area contributed by atoms with Crippen LogP contribution in [-0.4, -0.2) is 30.0 Å². The lowest BCUT2D eigenvalue weighted by atomic mass is 10.4. The summed E-state index contributed by atoms with van der Waals surface area (Å²) in [5.74, 6) is 1.34. The van der Waals surface area contributed by atoms with Crippen LogP contribution >= 0.6 is 11.8 Å². The van der Waals surface area contributed by atoms with Crippen molar-refractivity contribution in [3.63, 3.8) is 0 Å². The number of hydrogen-bond donors (Lipinski definition) is 2. The van der Waals surface area contributed by atoms with E-state index in [4.69, 9.17) is 5.73 Å². The highest BCUT2D eigenvalue weighted by molar-refractivity contribution is 7.99. The van der Waals surface area contributed by atoms with Crippen molar-refractivity contribution in [2.75, 3.05) is 18.1 Å². The van der Waals surface area contributed by atoms with Crippen LogP contribution in [0.15, 0.2) is 12.7 Å². The van der Waals surface area contributed by atoms with Gasteiger partial charge in [0.2, 0.25) is 5.91 Å². The Labute approximate surface area is 77.8 Å². The molecule has 0 rings (SSSR count). The summed E-state index contributed by atoms with van der Waals surface area (Å²) < 4.78 is 0. The van der Waals surface area contributed by atoms with Gasteiger partial charge < -0.3 is 11.1 Å². The van der Waals surface area contributed by atoms with Crippen molar-refractivity contribution < 1.29 is 4.79 Å². The van der Waals surface area contributed by atoms with E-state index < -0.39 is 0 Å². The van der Waals surface area contributed by atoms with E-state index in [0.717, 1.165) is 5.75 Å². The van der Waals surface area contributed by atoms with Crippen molar-refractivity contribution in [1.82, 2.24) is 5.32 Å². The van der Waals surface area contributed by atoms with Crippen LogP contribution in [0.2, 0.25) is 0 Å². The van der Waals surface area contributed by atoms with E-state index in [9.17, 15) is 4.79 Å². The number of nitrogens with two attached hydrogens (primary N) is 1. The maximum absolute atomic E-state index is 11.0. The molecule has 0 radical (unpaired) electrons. The molecular weight excluding hydrogens is 172 g/mol. The third-order valence-corrected chi connectivity index (χ3v) is 2.29. The van der Waals surface area contributed by atoms with Gasteiger partial charge in [-0.2, -0.15) is 11.8 Å². The van der Waals surface area contributed by atoms with Crippen LogP contribution in [-0.2, 0) is 4.79 Å². The third-order valence-electron chi connectivity index (χ3n) is 1.06. The SMILES string of the molecule is C=CCNC(=O)CSCC(C)N. The number of carbonyl (C=O) groups is 1. The molecule has 0 spiro atoms. The van der Waals surface area contributed by atoms with Crippen molar-refractivity contribution >= 4 is 17.7 Å². The maximum atomic E-state index is 11.0. The lowest BCUT2D eigenvalue weighted by Crippen LogP contribution is -2.26. The van der Waals surface area contributed by atoms with Gasteiger partial charge >= 0.3 is 0 Å². The topological polar surface area (TPSA) is 55.1 Å². The summed E-state index contributed by atoms with van der Waals surface area (Å²) in [6.07, 6.45) is 1.66. The summed E-state index contributed by atoms with van der Waals surface area (Å²) in [7, 11) is 0. The van der Waals surface area contributed by atoms with E-state index in [-0.39, 0.29) is 11.9 Å². The molecule has 0 aliphatic rings. The Balaban J connectivity index is 3.25. The van der Waals surface area contributed by atoms with Gasteiger partial charge in [0.15, 0.2) is 0 Å². The zero-order chi connectivity index (χ0) is 9.40. The van der Waals surface area contributed by atoms with Gasteiger partial charge in [0.1, 0.15) is 0 Å². The van der Waals surface area contributed by atoms with Gasteiger partial charge in [0.05, 0.1) is 5.75 Å². The Morgan fingerprint density at radius 2 is 2.50 bits per heavy atom. The van der Waals surface area contributed by atoms with Gasteiger partial charge in [0.25, 0.3) is 0 Å². The molecule has 0 aliphatic carbocycles. The fourth-order valence-corrected chi connectivity index (χ4v) is 1.35. The van der Waals surface area contributed by atoms with Crippen molar-refractivity contribution in [2.45, 2.75) is 13.0 Å². The normalized spacial score (nSPS) is 12.2. The fraction of sp³-hybridized carbons (Fsp3) is 0.625. The second-order valence-corrected chi connectivity index (χ2v) is 3.62. The van der Waals surface area contributed by atoms with E-state index in [0.29, 0.717) is 12.3 Å².